The van der Waals surface area contributed by atoms with Gasteiger partial charge in [0.15, 0.2) is 0 Å². The van der Waals surface area contributed by atoms with Crippen LogP contribution in [0.4, 0.5) is 0 Å². The van der Waals surface area contributed by atoms with Gasteiger partial charge in [0.05, 0.1) is 38.1 Å². The molecular formula is C13H25NO4. The molecule has 106 valence electrons. The fourth-order valence-electron chi connectivity index (χ4n) is 2.52. The summed E-state index contributed by atoms with van der Waals surface area (Å²) in [5, 5.41) is 9.91. The lowest BCUT2D eigenvalue weighted by Gasteiger charge is -2.32. The molecule has 2 rings (SSSR count). The number of β-amino-alcohol motifs (C(OH)–C–C–N with tert-alkyl or cyclic N) is 1. The van der Waals surface area contributed by atoms with Gasteiger partial charge >= 0.3 is 0 Å². The predicted octanol–water partition coefficient (Wildman–Crippen LogP) is 0.264. The van der Waals surface area contributed by atoms with E-state index >= 15 is 0 Å². The molecule has 5 nitrogen and oxygen atoms in total. The minimum absolute atomic E-state index is 0.237. The number of ether oxygens (including phenoxy) is 3. The monoisotopic (exact) mass is 259 g/mol. The van der Waals surface area contributed by atoms with Gasteiger partial charge in [-0.05, 0) is 19.8 Å². The molecule has 0 aromatic rings. The first kappa shape index (κ1) is 14.2. The van der Waals surface area contributed by atoms with Gasteiger partial charge < -0.3 is 19.3 Å². The number of aliphatic hydroxyl groups excluding tert-OH is 1. The van der Waals surface area contributed by atoms with Gasteiger partial charge in [-0.15, -0.1) is 0 Å². The number of morpholine rings is 1. The molecule has 0 radical (unpaired) electrons. The summed E-state index contributed by atoms with van der Waals surface area (Å²) in [4.78, 5) is 2.23. The second-order valence-corrected chi connectivity index (χ2v) is 5.27. The zero-order valence-corrected chi connectivity index (χ0v) is 11.2. The summed E-state index contributed by atoms with van der Waals surface area (Å²) in [5.41, 5.74) is 0. The molecule has 1 N–H and O–H groups in total. The van der Waals surface area contributed by atoms with Gasteiger partial charge in [-0.25, -0.2) is 0 Å². The van der Waals surface area contributed by atoms with E-state index in [1.807, 2.05) is 0 Å². The maximum absolute atomic E-state index is 9.91. The predicted molar refractivity (Wildman–Crippen MR) is 67.7 cm³/mol. The first-order chi connectivity index (χ1) is 8.74. The molecular weight excluding hydrogens is 234 g/mol. The average Bonchev–Trinajstić information content (AvgIpc) is 2.82. The van der Waals surface area contributed by atoms with Gasteiger partial charge in [0.2, 0.25) is 0 Å². The highest BCUT2D eigenvalue weighted by atomic mass is 16.5. The summed E-state index contributed by atoms with van der Waals surface area (Å²) in [7, 11) is 0. The van der Waals surface area contributed by atoms with Crippen molar-refractivity contribution in [2.45, 2.75) is 38.1 Å². The Morgan fingerprint density at radius 3 is 3.00 bits per heavy atom. The molecule has 0 spiro atoms. The number of nitrogens with zero attached hydrogens (tertiary/aromatic N) is 1. The van der Waals surface area contributed by atoms with Gasteiger partial charge in [0, 0.05) is 26.2 Å². The summed E-state index contributed by atoms with van der Waals surface area (Å²) in [5.74, 6) is 0. The summed E-state index contributed by atoms with van der Waals surface area (Å²) in [6, 6.07) is 0. The molecule has 3 unspecified atom stereocenters. The summed E-state index contributed by atoms with van der Waals surface area (Å²) >= 11 is 0. The maximum atomic E-state index is 9.91. The van der Waals surface area contributed by atoms with Crippen molar-refractivity contribution in [2.24, 2.45) is 0 Å². The number of hydrogen-bond donors (Lipinski definition) is 1. The Bertz CT molecular complexity index is 233. The standard InChI is InChI=1S/C13H25NO4/c1-11-7-14(4-6-17-11)8-12(15)9-16-10-13-3-2-5-18-13/h11-13,15H,2-10H2,1H3. The largest absolute Gasteiger partial charge is 0.389 e. The first-order valence-corrected chi connectivity index (χ1v) is 6.95. The minimum Gasteiger partial charge on any atom is -0.389 e. The quantitative estimate of drug-likeness (QED) is 0.742. The molecule has 0 amide bonds. The van der Waals surface area contributed by atoms with Crippen LogP contribution in [0.1, 0.15) is 19.8 Å². The number of rotatable bonds is 6. The fraction of sp³-hybridized carbons (Fsp3) is 1.00. The van der Waals surface area contributed by atoms with Gasteiger partial charge in [0.25, 0.3) is 0 Å². The molecule has 2 saturated heterocycles. The fourth-order valence-corrected chi connectivity index (χ4v) is 2.52. The van der Waals surface area contributed by atoms with Crippen molar-refractivity contribution in [3.8, 4) is 0 Å². The third kappa shape index (κ3) is 4.82. The molecule has 2 fully saturated rings. The Kier molecular flexibility index (Phi) is 5.85. The molecule has 0 bridgehead atoms. The third-order valence-electron chi connectivity index (χ3n) is 3.43. The van der Waals surface area contributed by atoms with Crippen molar-refractivity contribution < 1.29 is 19.3 Å². The van der Waals surface area contributed by atoms with E-state index in [2.05, 4.69) is 11.8 Å². The van der Waals surface area contributed by atoms with Gasteiger partial charge in [-0.3, -0.25) is 4.90 Å². The third-order valence-corrected chi connectivity index (χ3v) is 3.43. The molecule has 2 heterocycles. The van der Waals surface area contributed by atoms with Crippen LogP contribution in [0.25, 0.3) is 0 Å². The smallest absolute Gasteiger partial charge is 0.0900 e. The number of aliphatic hydroxyl groups is 1. The van der Waals surface area contributed by atoms with Crippen LogP contribution in [0.5, 0.6) is 0 Å². The van der Waals surface area contributed by atoms with Crippen LogP contribution in [0.15, 0.2) is 0 Å². The van der Waals surface area contributed by atoms with Crippen molar-refractivity contribution >= 4 is 0 Å². The van der Waals surface area contributed by atoms with Gasteiger partial charge in [-0.1, -0.05) is 0 Å². The molecule has 2 aliphatic rings. The summed E-state index contributed by atoms with van der Waals surface area (Å²) in [6.07, 6.45) is 2.29. The minimum atomic E-state index is -0.420. The molecule has 18 heavy (non-hydrogen) atoms. The maximum Gasteiger partial charge on any atom is 0.0900 e. The van der Waals surface area contributed by atoms with Crippen molar-refractivity contribution in [3.63, 3.8) is 0 Å². The topological polar surface area (TPSA) is 51.2 Å². The molecule has 5 heteroatoms. The van der Waals surface area contributed by atoms with Crippen molar-refractivity contribution in [2.75, 3.05) is 46.1 Å². The van der Waals surface area contributed by atoms with E-state index in [0.717, 1.165) is 39.1 Å². The molecule has 0 aliphatic carbocycles. The van der Waals surface area contributed by atoms with Crippen LogP contribution in [0, 0.1) is 0 Å². The highest BCUT2D eigenvalue weighted by Crippen LogP contribution is 2.12. The molecule has 0 aromatic heterocycles. The second-order valence-electron chi connectivity index (χ2n) is 5.27. The SMILES string of the molecule is CC1CN(CC(O)COCC2CCCO2)CCO1. The molecule has 3 atom stereocenters. The van der Waals surface area contributed by atoms with Crippen LogP contribution in [-0.4, -0.2) is 74.4 Å². The Labute approximate surface area is 109 Å². The van der Waals surface area contributed by atoms with Crippen LogP contribution in [-0.2, 0) is 14.2 Å². The van der Waals surface area contributed by atoms with Crippen molar-refractivity contribution in [1.82, 2.24) is 4.90 Å². The zero-order valence-electron chi connectivity index (χ0n) is 11.2. The van der Waals surface area contributed by atoms with Crippen LogP contribution in [0.3, 0.4) is 0 Å². The van der Waals surface area contributed by atoms with Crippen LogP contribution < -0.4 is 0 Å². The van der Waals surface area contributed by atoms with Gasteiger partial charge in [-0.2, -0.15) is 0 Å². The highest BCUT2D eigenvalue weighted by molar-refractivity contribution is 4.71. The summed E-state index contributed by atoms with van der Waals surface area (Å²) < 4.78 is 16.4. The summed E-state index contributed by atoms with van der Waals surface area (Å²) in [6.45, 7) is 7.12. The lowest BCUT2D eigenvalue weighted by atomic mass is 10.2. The zero-order chi connectivity index (χ0) is 12.8. The van der Waals surface area contributed by atoms with E-state index < -0.39 is 6.10 Å². The Balaban J connectivity index is 1.55. The van der Waals surface area contributed by atoms with Gasteiger partial charge in [0.1, 0.15) is 0 Å². The lowest BCUT2D eigenvalue weighted by molar-refractivity contribution is -0.0532. The average molecular weight is 259 g/mol. The van der Waals surface area contributed by atoms with Crippen LogP contribution >= 0.6 is 0 Å². The molecule has 0 aromatic carbocycles. The molecule has 2 aliphatic heterocycles. The first-order valence-electron chi connectivity index (χ1n) is 6.95. The number of hydrogen-bond acceptors (Lipinski definition) is 5. The highest BCUT2D eigenvalue weighted by Gasteiger charge is 2.20. The van der Waals surface area contributed by atoms with E-state index in [1.54, 1.807) is 0 Å². The van der Waals surface area contributed by atoms with E-state index in [-0.39, 0.29) is 12.2 Å². The van der Waals surface area contributed by atoms with E-state index in [9.17, 15) is 5.11 Å². The van der Waals surface area contributed by atoms with E-state index in [0.29, 0.717) is 19.8 Å². The Morgan fingerprint density at radius 1 is 1.39 bits per heavy atom. The van der Waals surface area contributed by atoms with E-state index in [4.69, 9.17) is 14.2 Å². The van der Waals surface area contributed by atoms with Crippen LogP contribution in [0.2, 0.25) is 0 Å². The van der Waals surface area contributed by atoms with Crippen molar-refractivity contribution in [3.05, 3.63) is 0 Å². The Morgan fingerprint density at radius 2 is 2.28 bits per heavy atom. The molecule has 0 saturated carbocycles. The normalized spacial score (nSPS) is 31.7. The Hall–Kier alpha value is -0.200. The second kappa shape index (κ2) is 7.40. The lowest BCUT2D eigenvalue weighted by Crippen LogP contribution is -2.45. The van der Waals surface area contributed by atoms with E-state index in [1.165, 1.54) is 0 Å². The van der Waals surface area contributed by atoms with Crippen molar-refractivity contribution in [1.29, 1.82) is 0 Å².